The molecule has 0 saturated carbocycles. The van der Waals surface area contributed by atoms with Gasteiger partial charge in [0, 0.05) is 23.5 Å². The molecule has 0 aliphatic carbocycles. The fourth-order valence-corrected chi connectivity index (χ4v) is 2.08. The minimum atomic E-state index is 0.396. The van der Waals surface area contributed by atoms with Gasteiger partial charge >= 0.3 is 0 Å². The van der Waals surface area contributed by atoms with E-state index in [0.717, 1.165) is 22.8 Å². The lowest BCUT2D eigenvalue weighted by Crippen LogP contribution is -1.93. The normalized spacial score (nSPS) is 10.4. The molecule has 0 bridgehead atoms. The number of halogens is 1. The maximum absolute atomic E-state index is 5.92. The second kappa shape index (κ2) is 5.40. The number of hydrogen-bond donors (Lipinski definition) is 0. The van der Waals surface area contributed by atoms with E-state index in [4.69, 9.17) is 16.3 Å². The SMILES string of the molecule is Cc1cc(C)cc(Oc2cc(C)ncc2CCl)c1. The lowest BCUT2D eigenvalue weighted by molar-refractivity contribution is 0.476. The Hall–Kier alpha value is -1.54. The average Bonchev–Trinajstić information content (AvgIpc) is 2.27. The zero-order valence-corrected chi connectivity index (χ0v) is 11.6. The highest BCUT2D eigenvalue weighted by Gasteiger charge is 2.06. The van der Waals surface area contributed by atoms with Gasteiger partial charge in [-0.15, -0.1) is 11.6 Å². The fraction of sp³-hybridized carbons (Fsp3) is 0.267. The van der Waals surface area contributed by atoms with Gasteiger partial charge in [0.1, 0.15) is 11.5 Å². The average molecular weight is 262 g/mol. The van der Waals surface area contributed by atoms with Crippen LogP contribution in [0.4, 0.5) is 0 Å². The molecule has 0 fully saturated rings. The van der Waals surface area contributed by atoms with Crippen LogP contribution in [0.5, 0.6) is 11.5 Å². The van der Waals surface area contributed by atoms with Crippen LogP contribution in [-0.2, 0) is 5.88 Å². The van der Waals surface area contributed by atoms with E-state index in [0.29, 0.717) is 5.88 Å². The second-order valence-corrected chi connectivity index (χ2v) is 4.76. The molecule has 94 valence electrons. The van der Waals surface area contributed by atoms with Crippen molar-refractivity contribution in [2.24, 2.45) is 0 Å². The van der Waals surface area contributed by atoms with Crippen molar-refractivity contribution >= 4 is 11.6 Å². The van der Waals surface area contributed by atoms with Crippen LogP contribution >= 0.6 is 11.6 Å². The predicted octanol–water partition coefficient (Wildman–Crippen LogP) is 4.54. The van der Waals surface area contributed by atoms with Crippen LogP contribution in [0.2, 0.25) is 0 Å². The Morgan fingerprint density at radius 2 is 1.72 bits per heavy atom. The number of hydrogen-bond acceptors (Lipinski definition) is 2. The van der Waals surface area contributed by atoms with E-state index in [2.05, 4.69) is 24.9 Å². The zero-order chi connectivity index (χ0) is 13.1. The van der Waals surface area contributed by atoms with Gasteiger partial charge < -0.3 is 4.74 Å². The molecule has 0 spiro atoms. The molecule has 3 heteroatoms. The molecule has 0 radical (unpaired) electrons. The molecule has 2 rings (SSSR count). The van der Waals surface area contributed by atoms with Crippen molar-refractivity contribution in [2.45, 2.75) is 26.7 Å². The Morgan fingerprint density at radius 3 is 2.33 bits per heavy atom. The molecule has 0 atom stereocenters. The number of nitrogens with zero attached hydrogens (tertiary/aromatic N) is 1. The summed E-state index contributed by atoms with van der Waals surface area (Å²) in [6.07, 6.45) is 1.76. The van der Waals surface area contributed by atoms with Crippen molar-refractivity contribution < 1.29 is 4.74 Å². The maximum atomic E-state index is 5.92. The molecule has 0 N–H and O–H groups in total. The zero-order valence-electron chi connectivity index (χ0n) is 10.8. The molecule has 0 amide bonds. The van der Waals surface area contributed by atoms with Crippen LogP contribution in [0.25, 0.3) is 0 Å². The van der Waals surface area contributed by atoms with Crippen molar-refractivity contribution in [3.8, 4) is 11.5 Å². The summed E-state index contributed by atoms with van der Waals surface area (Å²) >= 11 is 5.89. The van der Waals surface area contributed by atoms with E-state index in [1.807, 2.05) is 25.1 Å². The minimum absolute atomic E-state index is 0.396. The first-order chi connectivity index (χ1) is 8.58. The molecule has 1 aromatic heterocycles. The Morgan fingerprint density at radius 1 is 1.06 bits per heavy atom. The largest absolute Gasteiger partial charge is 0.457 e. The van der Waals surface area contributed by atoms with Crippen molar-refractivity contribution in [1.82, 2.24) is 4.98 Å². The summed E-state index contributed by atoms with van der Waals surface area (Å²) in [7, 11) is 0. The smallest absolute Gasteiger partial charge is 0.135 e. The number of ether oxygens (including phenoxy) is 1. The van der Waals surface area contributed by atoms with Gasteiger partial charge in [0.05, 0.1) is 5.88 Å². The third kappa shape index (κ3) is 3.02. The molecule has 2 nitrogen and oxygen atoms in total. The number of aromatic nitrogens is 1. The highest BCUT2D eigenvalue weighted by molar-refractivity contribution is 6.17. The van der Waals surface area contributed by atoms with Gasteiger partial charge in [0.15, 0.2) is 0 Å². The Kier molecular flexibility index (Phi) is 3.87. The minimum Gasteiger partial charge on any atom is -0.457 e. The molecule has 1 aromatic carbocycles. The quantitative estimate of drug-likeness (QED) is 0.757. The fourth-order valence-electron chi connectivity index (χ4n) is 1.88. The number of pyridine rings is 1. The summed E-state index contributed by atoms with van der Waals surface area (Å²) in [5.41, 5.74) is 4.19. The third-order valence-electron chi connectivity index (χ3n) is 2.65. The number of benzene rings is 1. The molecule has 0 aliphatic heterocycles. The standard InChI is InChI=1S/C15H16ClNO/c1-10-4-11(2)6-14(5-10)18-15-7-12(3)17-9-13(15)8-16/h4-7,9H,8H2,1-3H3. The van der Waals surface area contributed by atoms with Gasteiger partial charge in [-0.2, -0.15) is 0 Å². The molecule has 2 aromatic rings. The molecule has 0 aliphatic rings. The first kappa shape index (κ1) is 12.9. The second-order valence-electron chi connectivity index (χ2n) is 4.49. The van der Waals surface area contributed by atoms with Gasteiger partial charge in [0.2, 0.25) is 0 Å². The summed E-state index contributed by atoms with van der Waals surface area (Å²) in [5.74, 6) is 2.01. The topological polar surface area (TPSA) is 22.1 Å². The van der Waals surface area contributed by atoms with E-state index in [1.54, 1.807) is 6.20 Å². The summed E-state index contributed by atoms with van der Waals surface area (Å²) in [6, 6.07) is 8.06. The van der Waals surface area contributed by atoms with Crippen molar-refractivity contribution in [2.75, 3.05) is 0 Å². The van der Waals surface area contributed by atoms with Crippen LogP contribution in [-0.4, -0.2) is 4.98 Å². The van der Waals surface area contributed by atoms with Gasteiger partial charge in [-0.3, -0.25) is 4.98 Å². The number of rotatable bonds is 3. The molecule has 1 heterocycles. The van der Waals surface area contributed by atoms with Crippen LogP contribution < -0.4 is 4.74 Å². The molecule has 0 unspecified atom stereocenters. The van der Waals surface area contributed by atoms with Crippen LogP contribution in [0.3, 0.4) is 0 Å². The molecular weight excluding hydrogens is 246 g/mol. The highest BCUT2D eigenvalue weighted by Crippen LogP contribution is 2.28. The first-order valence-corrected chi connectivity index (χ1v) is 6.39. The van der Waals surface area contributed by atoms with Crippen LogP contribution in [0, 0.1) is 20.8 Å². The predicted molar refractivity (Wildman–Crippen MR) is 74.5 cm³/mol. The van der Waals surface area contributed by atoms with Gasteiger partial charge in [-0.05, 0) is 44.0 Å². The monoisotopic (exact) mass is 261 g/mol. The summed E-state index contributed by atoms with van der Waals surface area (Å²) in [4.78, 5) is 4.22. The highest BCUT2D eigenvalue weighted by atomic mass is 35.5. The Labute approximate surface area is 113 Å². The van der Waals surface area contributed by atoms with Gasteiger partial charge in [0.25, 0.3) is 0 Å². The number of aryl methyl sites for hydroxylation is 3. The lowest BCUT2D eigenvalue weighted by atomic mass is 10.1. The van der Waals surface area contributed by atoms with E-state index >= 15 is 0 Å². The summed E-state index contributed by atoms with van der Waals surface area (Å²) in [5, 5.41) is 0. The van der Waals surface area contributed by atoms with Crippen molar-refractivity contribution in [1.29, 1.82) is 0 Å². The van der Waals surface area contributed by atoms with E-state index < -0.39 is 0 Å². The molecule has 0 saturated heterocycles. The Bertz CT molecular complexity index is 546. The van der Waals surface area contributed by atoms with Gasteiger partial charge in [-0.25, -0.2) is 0 Å². The van der Waals surface area contributed by atoms with E-state index in [-0.39, 0.29) is 0 Å². The summed E-state index contributed by atoms with van der Waals surface area (Å²) < 4.78 is 5.92. The van der Waals surface area contributed by atoms with E-state index in [1.165, 1.54) is 11.1 Å². The third-order valence-corrected chi connectivity index (χ3v) is 2.94. The molecule has 18 heavy (non-hydrogen) atoms. The molecular formula is C15H16ClNO. The Balaban J connectivity index is 2.35. The van der Waals surface area contributed by atoms with Crippen molar-refractivity contribution in [3.05, 3.63) is 52.8 Å². The number of alkyl halides is 1. The van der Waals surface area contributed by atoms with Crippen LogP contribution in [0.1, 0.15) is 22.4 Å². The van der Waals surface area contributed by atoms with Crippen molar-refractivity contribution in [3.63, 3.8) is 0 Å². The van der Waals surface area contributed by atoms with Gasteiger partial charge in [-0.1, -0.05) is 6.07 Å². The first-order valence-electron chi connectivity index (χ1n) is 5.86. The van der Waals surface area contributed by atoms with Crippen LogP contribution in [0.15, 0.2) is 30.5 Å². The maximum Gasteiger partial charge on any atom is 0.135 e. The lowest BCUT2D eigenvalue weighted by Gasteiger charge is -2.11. The van der Waals surface area contributed by atoms with E-state index in [9.17, 15) is 0 Å². The summed E-state index contributed by atoms with van der Waals surface area (Å²) in [6.45, 7) is 6.05.